The topological polar surface area (TPSA) is 37.3 Å². The molecule has 1 aromatic rings. The lowest BCUT2D eigenvalue weighted by Crippen LogP contribution is -2.20. The zero-order valence-corrected chi connectivity index (χ0v) is 14.2. The second kappa shape index (κ2) is 6.66. The van der Waals surface area contributed by atoms with E-state index in [-0.39, 0.29) is 16.3 Å². The Balaban J connectivity index is 3.24. The highest BCUT2D eigenvalue weighted by Crippen LogP contribution is 2.41. The van der Waals surface area contributed by atoms with Gasteiger partial charge in [0, 0.05) is 0 Å². The van der Waals surface area contributed by atoms with Gasteiger partial charge in [0.25, 0.3) is 0 Å². The van der Waals surface area contributed by atoms with Gasteiger partial charge in [-0.1, -0.05) is 52.4 Å². The van der Waals surface area contributed by atoms with Crippen molar-refractivity contribution in [1.82, 2.24) is 0 Å². The Labute approximate surface area is 127 Å². The normalized spacial score (nSPS) is 13.6. The second-order valence-corrected chi connectivity index (χ2v) is 7.60. The van der Waals surface area contributed by atoms with Crippen molar-refractivity contribution >= 4 is 16.9 Å². The van der Waals surface area contributed by atoms with Gasteiger partial charge in [0.2, 0.25) is 5.12 Å². The van der Waals surface area contributed by atoms with Gasteiger partial charge < -0.3 is 5.11 Å². The van der Waals surface area contributed by atoms with Gasteiger partial charge in [-0.2, -0.15) is 0 Å². The van der Waals surface area contributed by atoms with E-state index >= 15 is 0 Å². The van der Waals surface area contributed by atoms with Gasteiger partial charge in [-0.3, -0.25) is 4.79 Å². The highest BCUT2D eigenvalue weighted by Gasteiger charge is 2.28. The Morgan fingerprint density at radius 2 is 1.90 bits per heavy atom. The van der Waals surface area contributed by atoms with Crippen LogP contribution in [0.15, 0.2) is 18.2 Å². The average Bonchev–Trinajstić information content (AvgIpc) is 2.34. The maximum atomic E-state index is 11.9. The van der Waals surface area contributed by atoms with Gasteiger partial charge in [-0.15, -0.1) is 0 Å². The molecule has 1 aromatic carbocycles. The van der Waals surface area contributed by atoms with E-state index in [4.69, 9.17) is 0 Å². The summed E-state index contributed by atoms with van der Waals surface area (Å²) < 4.78 is 0. The highest BCUT2D eigenvalue weighted by atomic mass is 32.2. The van der Waals surface area contributed by atoms with Crippen LogP contribution in [0.4, 0.5) is 0 Å². The minimum absolute atomic E-state index is 0.0744. The SMILES string of the molecule is CSC(=O)c1cc(C(CC(C)C)C(C)(C)C)ccc1O. The molecular formula is C17H26O2S. The number of benzene rings is 1. The Hall–Kier alpha value is -0.960. The molecule has 1 atom stereocenters. The van der Waals surface area contributed by atoms with Crippen molar-refractivity contribution < 1.29 is 9.90 Å². The molecule has 0 spiro atoms. The fourth-order valence-corrected chi connectivity index (χ4v) is 2.89. The summed E-state index contributed by atoms with van der Waals surface area (Å²) in [5.74, 6) is 1.04. The van der Waals surface area contributed by atoms with Gasteiger partial charge in [0.1, 0.15) is 5.75 Å². The van der Waals surface area contributed by atoms with E-state index in [1.165, 1.54) is 0 Å². The molecule has 1 rings (SSSR count). The minimum Gasteiger partial charge on any atom is -0.507 e. The van der Waals surface area contributed by atoms with Crippen molar-refractivity contribution in [3.63, 3.8) is 0 Å². The first-order valence-corrected chi connectivity index (χ1v) is 8.30. The number of thioether (sulfide) groups is 1. The van der Waals surface area contributed by atoms with Crippen molar-refractivity contribution in [3.05, 3.63) is 29.3 Å². The molecule has 20 heavy (non-hydrogen) atoms. The van der Waals surface area contributed by atoms with Crippen molar-refractivity contribution in [3.8, 4) is 5.75 Å². The number of aromatic hydroxyl groups is 1. The van der Waals surface area contributed by atoms with Crippen LogP contribution in [0.2, 0.25) is 0 Å². The van der Waals surface area contributed by atoms with Gasteiger partial charge in [-0.05, 0) is 47.6 Å². The zero-order valence-electron chi connectivity index (χ0n) is 13.4. The third-order valence-corrected chi connectivity index (χ3v) is 4.17. The average molecular weight is 294 g/mol. The van der Waals surface area contributed by atoms with Crippen LogP contribution in [0.3, 0.4) is 0 Å². The fraction of sp³-hybridized carbons (Fsp3) is 0.588. The summed E-state index contributed by atoms with van der Waals surface area (Å²) in [5, 5.41) is 9.79. The van der Waals surface area contributed by atoms with Crippen molar-refractivity contribution in [2.24, 2.45) is 11.3 Å². The molecule has 0 aliphatic rings. The molecule has 0 bridgehead atoms. The predicted molar refractivity (Wildman–Crippen MR) is 87.6 cm³/mol. The van der Waals surface area contributed by atoms with E-state index < -0.39 is 0 Å². The molecule has 1 unspecified atom stereocenters. The van der Waals surface area contributed by atoms with Crippen LogP contribution in [0, 0.1) is 11.3 Å². The smallest absolute Gasteiger partial charge is 0.222 e. The summed E-state index contributed by atoms with van der Waals surface area (Å²) in [4.78, 5) is 11.9. The molecule has 0 saturated heterocycles. The lowest BCUT2D eigenvalue weighted by molar-refractivity contribution is 0.108. The quantitative estimate of drug-likeness (QED) is 0.842. The molecule has 112 valence electrons. The van der Waals surface area contributed by atoms with Crippen LogP contribution in [0.5, 0.6) is 5.75 Å². The molecule has 0 amide bonds. The van der Waals surface area contributed by atoms with E-state index in [0.717, 1.165) is 23.7 Å². The van der Waals surface area contributed by atoms with Crippen molar-refractivity contribution in [2.75, 3.05) is 6.26 Å². The number of phenolic OH excluding ortho intramolecular Hbond substituents is 1. The van der Waals surface area contributed by atoms with E-state index in [9.17, 15) is 9.90 Å². The number of hydrogen-bond donors (Lipinski definition) is 1. The molecule has 0 radical (unpaired) electrons. The first-order chi connectivity index (χ1) is 9.16. The van der Waals surface area contributed by atoms with Crippen molar-refractivity contribution in [1.29, 1.82) is 0 Å². The summed E-state index contributed by atoms with van der Waals surface area (Å²) >= 11 is 1.13. The third-order valence-electron chi connectivity index (χ3n) is 3.58. The minimum atomic E-state index is -0.0819. The standard InChI is InChI=1S/C17H26O2S/c1-11(2)9-14(17(3,4)5)12-7-8-15(18)13(10-12)16(19)20-6/h7-8,10-11,14,18H,9H2,1-6H3. The number of hydrogen-bond acceptors (Lipinski definition) is 3. The Kier molecular flexibility index (Phi) is 5.69. The maximum absolute atomic E-state index is 11.9. The summed E-state index contributed by atoms with van der Waals surface area (Å²) in [6.07, 6.45) is 2.81. The molecule has 2 nitrogen and oxygen atoms in total. The number of carbonyl (C=O) groups is 1. The number of carbonyl (C=O) groups excluding carboxylic acids is 1. The number of rotatable bonds is 4. The molecule has 0 aliphatic carbocycles. The van der Waals surface area contributed by atoms with Crippen molar-refractivity contribution in [2.45, 2.75) is 47.0 Å². The summed E-state index contributed by atoms with van der Waals surface area (Å²) in [6, 6.07) is 5.47. The van der Waals surface area contributed by atoms with Crippen LogP contribution >= 0.6 is 11.8 Å². The number of phenols is 1. The Morgan fingerprint density at radius 1 is 1.30 bits per heavy atom. The molecule has 0 heterocycles. The van der Waals surface area contributed by atoms with E-state index in [2.05, 4.69) is 34.6 Å². The van der Waals surface area contributed by atoms with Crippen LogP contribution in [-0.4, -0.2) is 16.5 Å². The molecule has 0 aliphatic heterocycles. The second-order valence-electron chi connectivity index (χ2n) is 6.82. The van der Waals surface area contributed by atoms with E-state index in [1.807, 2.05) is 12.1 Å². The highest BCUT2D eigenvalue weighted by molar-refractivity contribution is 8.13. The van der Waals surface area contributed by atoms with E-state index in [1.54, 1.807) is 12.3 Å². The molecule has 0 fully saturated rings. The lowest BCUT2D eigenvalue weighted by atomic mass is 9.72. The first-order valence-electron chi connectivity index (χ1n) is 7.08. The Morgan fingerprint density at radius 3 is 2.35 bits per heavy atom. The fourth-order valence-electron chi connectivity index (χ4n) is 2.50. The maximum Gasteiger partial charge on any atom is 0.222 e. The van der Waals surface area contributed by atoms with Crippen LogP contribution in [0.25, 0.3) is 0 Å². The van der Waals surface area contributed by atoms with Gasteiger partial charge in [-0.25, -0.2) is 0 Å². The zero-order chi connectivity index (χ0) is 15.5. The molecule has 1 N–H and O–H groups in total. The van der Waals surface area contributed by atoms with Crippen LogP contribution in [-0.2, 0) is 0 Å². The predicted octanol–water partition coefficient (Wildman–Crippen LogP) is 5.07. The van der Waals surface area contributed by atoms with Gasteiger partial charge in [0.05, 0.1) is 5.56 Å². The molecule has 3 heteroatoms. The Bertz CT molecular complexity index is 472. The molecule has 0 aromatic heterocycles. The third kappa shape index (κ3) is 4.27. The first kappa shape index (κ1) is 17.1. The van der Waals surface area contributed by atoms with Gasteiger partial charge >= 0.3 is 0 Å². The summed E-state index contributed by atoms with van der Waals surface area (Å²) in [5.41, 5.74) is 1.69. The van der Waals surface area contributed by atoms with Crippen LogP contribution in [0.1, 0.15) is 62.9 Å². The van der Waals surface area contributed by atoms with Crippen LogP contribution < -0.4 is 0 Å². The summed E-state index contributed by atoms with van der Waals surface area (Å²) in [6.45, 7) is 11.1. The summed E-state index contributed by atoms with van der Waals surface area (Å²) in [7, 11) is 0. The largest absolute Gasteiger partial charge is 0.507 e. The lowest BCUT2D eigenvalue weighted by Gasteiger charge is -2.33. The monoisotopic (exact) mass is 294 g/mol. The molecular weight excluding hydrogens is 268 g/mol. The van der Waals surface area contributed by atoms with Gasteiger partial charge in [0.15, 0.2) is 0 Å². The van der Waals surface area contributed by atoms with E-state index in [0.29, 0.717) is 17.4 Å². The molecule has 0 saturated carbocycles.